The van der Waals surface area contributed by atoms with Crippen LogP contribution in [0.4, 0.5) is 4.79 Å². The van der Waals surface area contributed by atoms with Crippen molar-refractivity contribution in [3.63, 3.8) is 0 Å². The number of primary amides is 1. The first-order valence-electron chi connectivity index (χ1n) is 21.7. The molecule has 8 rings (SSSR count). The average molecular weight is 1080 g/mol. The highest BCUT2D eigenvalue weighted by Crippen LogP contribution is 2.44. The van der Waals surface area contributed by atoms with Crippen LogP contribution in [0.3, 0.4) is 0 Å². The number of thiazole rings is 1. The molecule has 0 saturated carbocycles. The van der Waals surface area contributed by atoms with Crippen LogP contribution in [-0.4, -0.2) is 97.6 Å². The number of hydrogen-bond acceptors (Lipinski definition) is 15. The highest BCUT2D eigenvalue weighted by Gasteiger charge is 2.40. The Morgan fingerprint density at radius 2 is 1.35 bits per heavy atom. The van der Waals surface area contributed by atoms with E-state index in [1.165, 1.54) is 42.5 Å². The van der Waals surface area contributed by atoms with Crippen molar-refractivity contribution >= 4 is 63.6 Å². The smallest absolute Gasteiger partial charge is 0.404 e. The summed E-state index contributed by atoms with van der Waals surface area (Å²) in [6, 6.07) is 35.9. The van der Waals surface area contributed by atoms with E-state index in [0.717, 1.165) is 14.6 Å². The number of para-hydroxylation sites is 1. The van der Waals surface area contributed by atoms with Crippen LogP contribution >= 0.6 is 27.3 Å². The summed E-state index contributed by atoms with van der Waals surface area (Å²) in [6.45, 7) is -1.14. The van der Waals surface area contributed by atoms with Crippen molar-refractivity contribution < 1.29 is 45.7 Å². The van der Waals surface area contributed by atoms with Crippen LogP contribution in [0, 0.1) is 0 Å². The lowest BCUT2D eigenvalue weighted by Gasteiger charge is -2.28. The predicted molar refractivity (Wildman–Crippen MR) is 270 cm³/mol. The van der Waals surface area contributed by atoms with E-state index in [2.05, 4.69) is 31.0 Å². The first-order chi connectivity index (χ1) is 34.1. The fourth-order valence-corrected chi connectivity index (χ4v) is 12.9. The van der Waals surface area contributed by atoms with Crippen molar-refractivity contribution in [1.82, 2.24) is 34.2 Å². The number of carbonyl (C=O) groups excluding carboxylic acids is 1. The van der Waals surface area contributed by atoms with E-state index >= 15 is 16.8 Å². The first-order valence-corrected chi connectivity index (χ1v) is 26.2. The van der Waals surface area contributed by atoms with Crippen LogP contribution in [-0.2, 0) is 50.8 Å². The largest absolute Gasteiger partial charge is 0.497 e. The number of rotatable bonds is 21. The zero-order chi connectivity index (χ0) is 50.3. The molecule has 0 saturated heterocycles. The van der Waals surface area contributed by atoms with Crippen molar-refractivity contribution in [3.8, 4) is 39.8 Å². The third-order valence-electron chi connectivity index (χ3n) is 11.4. The lowest BCUT2D eigenvalue weighted by molar-refractivity contribution is 0.0852. The monoisotopic (exact) mass is 1080 g/mol. The Balaban J connectivity index is 1.38. The third kappa shape index (κ3) is 11.9. The lowest BCUT2D eigenvalue weighted by Crippen LogP contribution is -2.48. The number of nitrogens with zero attached hydrogens (tertiary/aromatic N) is 6. The summed E-state index contributed by atoms with van der Waals surface area (Å²) in [5, 5.41) is 25.1. The van der Waals surface area contributed by atoms with Gasteiger partial charge >= 0.3 is 6.09 Å². The Kier molecular flexibility index (Phi) is 15.7. The van der Waals surface area contributed by atoms with E-state index in [-0.39, 0.29) is 43.0 Å². The molecular weight excluding hydrogens is 1040 g/mol. The molecule has 368 valence electrons. The van der Waals surface area contributed by atoms with Gasteiger partial charge in [0.2, 0.25) is 25.9 Å². The summed E-state index contributed by atoms with van der Waals surface area (Å²) in [7, 11) is -5.56. The maximum atomic E-state index is 16.3. The molecule has 0 aliphatic heterocycles. The normalized spacial score (nSPS) is 12.7. The number of halogens is 1. The molecule has 0 spiro atoms. The number of hydrogen-bond donors (Lipinski definition) is 3. The molecule has 2 heterocycles. The summed E-state index contributed by atoms with van der Waals surface area (Å²) in [5.41, 5.74) is 8.73. The molecule has 0 bridgehead atoms. The fraction of sp³-hybridized carbons (Fsp3) is 0.204. The number of benzene rings is 6. The minimum absolute atomic E-state index is 0.0859. The molecule has 18 nitrogen and oxygen atoms in total. The zero-order valence-corrected chi connectivity index (χ0v) is 42.4. The van der Waals surface area contributed by atoms with Crippen LogP contribution in [0.1, 0.15) is 22.3 Å². The topological polar surface area (TPSA) is 240 Å². The van der Waals surface area contributed by atoms with Gasteiger partial charge in [0.25, 0.3) is 0 Å². The van der Waals surface area contributed by atoms with Crippen LogP contribution in [0.25, 0.3) is 32.7 Å². The molecule has 0 radical (unpaired) electrons. The number of aliphatic hydroxyl groups is 1. The second-order valence-corrected chi connectivity index (χ2v) is 21.9. The fourth-order valence-electron chi connectivity index (χ4n) is 7.80. The highest BCUT2D eigenvalue weighted by atomic mass is 79.9. The summed E-state index contributed by atoms with van der Waals surface area (Å²) < 4.78 is 89.3. The Hall–Kier alpha value is -6.79. The summed E-state index contributed by atoms with van der Waals surface area (Å²) in [6.07, 6.45) is -2.82. The van der Waals surface area contributed by atoms with E-state index in [1.807, 2.05) is 18.2 Å². The number of aliphatic hydroxyl groups excluding tert-OH is 1. The average Bonchev–Trinajstić information content (AvgIpc) is 4.01. The van der Waals surface area contributed by atoms with Gasteiger partial charge in [-0.15, -0.1) is 21.5 Å². The number of fused-ring (bicyclic) bond motifs is 1. The number of methoxy groups -OCH3 is 3. The standard InChI is InChI=1S/C49H47BrN8O10S3/c1-65-35-18-12-32(13-19-35)27-57(28-33-14-20-36(66-2)21-15-33)71(63,64)46-43(70(61,62)55-40(30-68-49(51)60)41(59)26-31-8-5-4-6-9-31)25-24-38(39-10-7-11-42-45(39)52-48(50)69-42)44(46)47-53-56-58(54-47)29-34-16-22-37(67-3)23-17-34/h4-25,40-41,55,59H,26-30H2,1-3H3,(H2,51,60)/t40-,41-/m0/s1. The number of carbonyl (C=O) groups is 1. The lowest BCUT2D eigenvalue weighted by atomic mass is 9.98. The van der Waals surface area contributed by atoms with Crippen molar-refractivity contribution in [2.24, 2.45) is 5.73 Å². The van der Waals surface area contributed by atoms with E-state index in [9.17, 15) is 9.90 Å². The van der Waals surface area contributed by atoms with Crippen LogP contribution in [0.5, 0.6) is 17.2 Å². The zero-order valence-electron chi connectivity index (χ0n) is 38.4. The molecule has 0 fully saturated rings. The molecule has 6 aromatic carbocycles. The van der Waals surface area contributed by atoms with Crippen LogP contribution in [0.15, 0.2) is 147 Å². The molecule has 0 aliphatic rings. The molecule has 0 unspecified atom stereocenters. The SMILES string of the molecule is COc1ccc(CN(Cc2ccc(OC)cc2)S(=O)(=O)c2c(S(=O)(=O)N[C@@H](COC(N)=O)[C@@H](O)Cc3ccccc3)ccc(-c3cccc4sc(Br)nc34)c2-c2nnn(Cc3ccc(OC)cc3)n2)cc1. The Labute approximate surface area is 422 Å². The molecule has 2 atom stereocenters. The Bertz CT molecular complexity index is 3310. The first kappa shape index (κ1) is 50.6. The Morgan fingerprint density at radius 1 is 0.761 bits per heavy atom. The van der Waals surface area contributed by atoms with Gasteiger partial charge in [0.1, 0.15) is 33.6 Å². The molecule has 4 N–H and O–H groups in total. The summed E-state index contributed by atoms with van der Waals surface area (Å²) >= 11 is 4.84. The molecule has 22 heteroatoms. The van der Waals surface area contributed by atoms with Gasteiger partial charge in [-0.1, -0.05) is 84.9 Å². The minimum Gasteiger partial charge on any atom is -0.497 e. The van der Waals surface area contributed by atoms with Gasteiger partial charge in [0.15, 0.2) is 3.92 Å². The summed E-state index contributed by atoms with van der Waals surface area (Å²) in [4.78, 5) is 16.5. The second-order valence-electron chi connectivity index (χ2n) is 16.0. The third-order valence-corrected chi connectivity index (χ3v) is 16.4. The summed E-state index contributed by atoms with van der Waals surface area (Å²) in [5.74, 6) is 1.45. The van der Waals surface area contributed by atoms with E-state index in [0.29, 0.717) is 48.9 Å². The van der Waals surface area contributed by atoms with Crippen LogP contribution in [0.2, 0.25) is 0 Å². The number of ether oxygens (including phenoxy) is 4. The number of nitrogens with two attached hydrogens (primary N) is 1. The maximum absolute atomic E-state index is 16.3. The molecule has 71 heavy (non-hydrogen) atoms. The molecule has 8 aromatic rings. The number of aromatic nitrogens is 5. The van der Waals surface area contributed by atoms with Gasteiger partial charge < -0.3 is 29.8 Å². The van der Waals surface area contributed by atoms with Gasteiger partial charge in [-0.25, -0.2) is 31.3 Å². The number of tetrazole rings is 1. The Morgan fingerprint density at radius 3 is 1.93 bits per heavy atom. The van der Waals surface area contributed by atoms with Crippen LogP contribution < -0.4 is 24.7 Å². The van der Waals surface area contributed by atoms with Crippen molar-refractivity contribution in [3.05, 3.63) is 160 Å². The van der Waals surface area contributed by atoms with Gasteiger partial charge in [0.05, 0.1) is 55.8 Å². The predicted octanol–water partition coefficient (Wildman–Crippen LogP) is 7.19. The number of sulfonamides is 2. The maximum Gasteiger partial charge on any atom is 0.404 e. The highest BCUT2D eigenvalue weighted by molar-refractivity contribution is 9.11. The van der Waals surface area contributed by atoms with Gasteiger partial charge in [-0.05, 0) is 97.5 Å². The molecule has 0 aliphatic carbocycles. The minimum atomic E-state index is -5.07. The van der Waals surface area contributed by atoms with E-state index in [1.54, 1.807) is 110 Å². The quantitative estimate of drug-likeness (QED) is 0.0646. The molecular formula is C49H47BrN8O10S3. The second kappa shape index (κ2) is 22.1. The van der Waals surface area contributed by atoms with Gasteiger partial charge in [0, 0.05) is 25.1 Å². The van der Waals surface area contributed by atoms with Gasteiger partial charge in [-0.2, -0.15) is 9.10 Å². The number of nitrogens with one attached hydrogen (secondary N) is 1. The number of amides is 1. The van der Waals surface area contributed by atoms with E-state index < -0.39 is 54.7 Å². The molecule has 2 aromatic heterocycles. The van der Waals surface area contributed by atoms with Crippen molar-refractivity contribution in [1.29, 1.82) is 0 Å². The van der Waals surface area contributed by atoms with Crippen molar-refractivity contribution in [2.45, 2.75) is 48.0 Å². The van der Waals surface area contributed by atoms with E-state index in [4.69, 9.17) is 34.8 Å². The van der Waals surface area contributed by atoms with Gasteiger partial charge in [-0.3, -0.25) is 0 Å². The van der Waals surface area contributed by atoms with Crippen molar-refractivity contribution in [2.75, 3.05) is 27.9 Å². The molecule has 1 amide bonds.